The molecule has 0 atom stereocenters. The second-order valence-electron chi connectivity index (χ2n) is 4.17. The van der Waals surface area contributed by atoms with Crippen LogP contribution < -0.4 is 4.90 Å². The zero-order valence-electron chi connectivity index (χ0n) is 10.4. The number of carboxylic acids is 1. The number of hydrogen-bond donors (Lipinski definition) is 1. The summed E-state index contributed by atoms with van der Waals surface area (Å²) in [7, 11) is 1.86. The predicted octanol–water partition coefficient (Wildman–Crippen LogP) is 3.07. The van der Waals surface area contributed by atoms with Gasteiger partial charge >= 0.3 is 5.97 Å². The molecule has 0 aliphatic heterocycles. The summed E-state index contributed by atoms with van der Waals surface area (Å²) in [6.07, 6.45) is 1.36. The van der Waals surface area contributed by atoms with Crippen LogP contribution in [0.25, 0.3) is 0 Å². The van der Waals surface area contributed by atoms with Gasteiger partial charge in [-0.25, -0.2) is 9.78 Å². The molecule has 0 saturated carbocycles. The van der Waals surface area contributed by atoms with Crippen LogP contribution in [0.5, 0.6) is 0 Å². The molecule has 2 rings (SSSR count). The number of halogens is 1. The minimum Gasteiger partial charge on any atom is -0.478 e. The third kappa shape index (κ3) is 3.23. The average molecular weight is 277 g/mol. The normalized spacial score (nSPS) is 10.2. The number of pyridine rings is 1. The molecule has 1 aromatic carbocycles. The Morgan fingerprint density at radius 3 is 2.68 bits per heavy atom. The summed E-state index contributed by atoms with van der Waals surface area (Å²) in [5, 5.41) is 9.17. The van der Waals surface area contributed by atoms with E-state index in [1.54, 1.807) is 0 Å². The van der Waals surface area contributed by atoms with Crippen molar-refractivity contribution >= 4 is 23.4 Å². The number of rotatable bonds is 4. The van der Waals surface area contributed by atoms with Crippen LogP contribution in [0.3, 0.4) is 0 Å². The third-order valence-corrected chi connectivity index (χ3v) is 3.03. The number of carbonyl (C=O) groups is 1. The Morgan fingerprint density at radius 1 is 1.37 bits per heavy atom. The van der Waals surface area contributed by atoms with Gasteiger partial charge in [0, 0.05) is 19.8 Å². The largest absolute Gasteiger partial charge is 0.478 e. The van der Waals surface area contributed by atoms with Crippen molar-refractivity contribution in [2.75, 3.05) is 11.9 Å². The number of aromatic carboxylic acids is 1. The van der Waals surface area contributed by atoms with Gasteiger partial charge in [-0.1, -0.05) is 41.9 Å². The molecule has 19 heavy (non-hydrogen) atoms. The molecule has 0 saturated heterocycles. The van der Waals surface area contributed by atoms with Gasteiger partial charge in [-0.3, -0.25) is 0 Å². The standard InChI is InChI=1S/C14H13ClN2O2/c1-17(9-10-5-3-2-4-6-10)13-7-11(14(18)19)12(15)8-16-13/h2-8H,9H2,1H3,(H,18,19). The van der Waals surface area contributed by atoms with E-state index >= 15 is 0 Å². The van der Waals surface area contributed by atoms with Crippen LogP contribution >= 0.6 is 11.6 Å². The maximum absolute atomic E-state index is 11.0. The number of nitrogens with zero attached hydrogens (tertiary/aromatic N) is 2. The van der Waals surface area contributed by atoms with E-state index in [4.69, 9.17) is 16.7 Å². The first-order valence-corrected chi connectivity index (χ1v) is 6.09. The lowest BCUT2D eigenvalue weighted by Gasteiger charge is -2.18. The van der Waals surface area contributed by atoms with E-state index in [0.717, 1.165) is 5.56 Å². The topological polar surface area (TPSA) is 53.4 Å². The summed E-state index contributed by atoms with van der Waals surface area (Å²) in [6, 6.07) is 11.4. The summed E-state index contributed by atoms with van der Waals surface area (Å²) >= 11 is 5.79. The maximum Gasteiger partial charge on any atom is 0.337 e. The van der Waals surface area contributed by atoms with Crippen LogP contribution in [0, 0.1) is 0 Å². The fourth-order valence-corrected chi connectivity index (χ4v) is 1.92. The second-order valence-corrected chi connectivity index (χ2v) is 4.58. The molecule has 0 bridgehead atoms. The molecule has 0 fully saturated rings. The van der Waals surface area contributed by atoms with Crippen LogP contribution in [0.2, 0.25) is 5.02 Å². The molecule has 0 aliphatic rings. The number of benzene rings is 1. The fourth-order valence-electron chi connectivity index (χ4n) is 1.74. The van der Waals surface area contributed by atoms with Crippen LogP contribution in [0.15, 0.2) is 42.6 Å². The van der Waals surface area contributed by atoms with Gasteiger partial charge < -0.3 is 10.0 Å². The molecule has 1 heterocycles. The molecular formula is C14H13ClN2O2. The highest BCUT2D eigenvalue weighted by Gasteiger charge is 2.12. The van der Waals surface area contributed by atoms with Crippen molar-refractivity contribution < 1.29 is 9.90 Å². The van der Waals surface area contributed by atoms with Gasteiger partial charge in [-0.05, 0) is 11.6 Å². The SMILES string of the molecule is CN(Cc1ccccc1)c1cc(C(=O)O)c(Cl)cn1. The van der Waals surface area contributed by atoms with Crippen LogP contribution in [-0.4, -0.2) is 23.1 Å². The second kappa shape index (κ2) is 5.71. The molecular weight excluding hydrogens is 264 g/mol. The van der Waals surface area contributed by atoms with Crippen molar-refractivity contribution in [1.29, 1.82) is 0 Å². The Kier molecular flexibility index (Phi) is 4.02. The van der Waals surface area contributed by atoms with Gasteiger partial charge in [0.15, 0.2) is 0 Å². The zero-order chi connectivity index (χ0) is 13.8. The summed E-state index contributed by atoms with van der Waals surface area (Å²) in [5.74, 6) is -0.479. The van der Waals surface area contributed by atoms with E-state index in [-0.39, 0.29) is 10.6 Å². The van der Waals surface area contributed by atoms with Gasteiger partial charge in [0.1, 0.15) is 5.82 Å². The number of anilines is 1. The highest BCUT2D eigenvalue weighted by molar-refractivity contribution is 6.33. The van der Waals surface area contributed by atoms with Gasteiger partial charge in [0.25, 0.3) is 0 Å². The molecule has 0 amide bonds. The first kappa shape index (κ1) is 13.4. The molecule has 5 heteroatoms. The van der Waals surface area contributed by atoms with E-state index in [1.807, 2.05) is 42.3 Å². The first-order valence-electron chi connectivity index (χ1n) is 5.72. The quantitative estimate of drug-likeness (QED) is 0.932. The Hall–Kier alpha value is -2.07. The smallest absolute Gasteiger partial charge is 0.337 e. The van der Waals surface area contributed by atoms with Crippen molar-refractivity contribution in [3.8, 4) is 0 Å². The summed E-state index contributed by atoms with van der Waals surface area (Å²) in [5.41, 5.74) is 1.19. The molecule has 4 nitrogen and oxygen atoms in total. The van der Waals surface area contributed by atoms with E-state index in [0.29, 0.717) is 12.4 Å². The lowest BCUT2D eigenvalue weighted by Crippen LogP contribution is -2.18. The fraction of sp³-hybridized carbons (Fsp3) is 0.143. The number of aromatic nitrogens is 1. The lowest BCUT2D eigenvalue weighted by atomic mass is 10.2. The average Bonchev–Trinajstić information content (AvgIpc) is 2.40. The molecule has 0 spiro atoms. The molecule has 0 aliphatic carbocycles. The minimum atomic E-state index is -1.05. The summed E-state index contributed by atoms with van der Waals surface area (Å²) in [4.78, 5) is 17.0. The van der Waals surface area contributed by atoms with Crippen LogP contribution in [0.1, 0.15) is 15.9 Å². The van der Waals surface area contributed by atoms with Crippen molar-refractivity contribution in [1.82, 2.24) is 4.98 Å². The molecule has 1 aromatic heterocycles. The Morgan fingerprint density at radius 2 is 2.05 bits per heavy atom. The predicted molar refractivity (Wildman–Crippen MR) is 74.8 cm³/mol. The monoisotopic (exact) mass is 276 g/mol. The zero-order valence-corrected chi connectivity index (χ0v) is 11.1. The van der Waals surface area contributed by atoms with Gasteiger partial charge in [-0.2, -0.15) is 0 Å². The molecule has 98 valence electrons. The first-order chi connectivity index (χ1) is 9.08. The Balaban J connectivity index is 2.22. The summed E-state index contributed by atoms with van der Waals surface area (Å²) < 4.78 is 0. The van der Waals surface area contributed by atoms with Crippen molar-refractivity contribution in [3.63, 3.8) is 0 Å². The van der Waals surface area contributed by atoms with Crippen molar-refractivity contribution in [2.45, 2.75) is 6.54 Å². The third-order valence-electron chi connectivity index (χ3n) is 2.72. The highest BCUT2D eigenvalue weighted by Crippen LogP contribution is 2.20. The van der Waals surface area contributed by atoms with E-state index < -0.39 is 5.97 Å². The molecule has 2 aromatic rings. The lowest BCUT2D eigenvalue weighted by molar-refractivity contribution is 0.0697. The molecule has 0 radical (unpaired) electrons. The van der Waals surface area contributed by atoms with Gasteiger partial charge in [-0.15, -0.1) is 0 Å². The Bertz CT molecular complexity index is 587. The van der Waals surface area contributed by atoms with E-state index in [1.165, 1.54) is 12.3 Å². The molecule has 1 N–H and O–H groups in total. The van der Waals surface area contributed by atoms with E-state index in [2.05, 4.69) is 4.98 Å². The van der Waals surface area contributed by atoms with Crippen LogP contribution in [-0.2, 0) is 6.54 Å². The van der Waals surface area contributed by atoms with E-state index in [9.17, 15) is 4.79 Å². The van der Waals surface area contributed by atoms with Crippen molar-refractivity contribution in [2.24, 2.45) is 0 Å². The summed E-state index contributed by atoms with van der Waals surface area (Å²) in [6.45, 7) is 0.647. The number of hydrogen-bond acceptors (Lipinski definition) is 3. The number of carboxylic acid groups (broad SMARTS) is 1. The highest BCUT2D eigenvalue weighted by atomic mass is 35.5. The van der Waals surface area contributed by atoms with Crippen LogP contribution in [0.4, 0.5) is 5.82 Å². The van der Waals surface area contributed by atoms with Gasteiger partial charge in [0.05, 0.1) is 10.6 Å². The minimum absolute atomic E-state index is 0.0616. The van der Waals surface area contributed by atoms with Crippen molar-refractivity contribution in [3.05, 3.63) is 58.7 Å². The molecule has 0 unspecified atom stereocenters. The maximum atomic E-state index is 11.0. The van der Waals surface area contributed by atoms with Gasteiger partial charge in [0.2, 0.25) is 0 Å². The Labute approximate surface area is 116 Å².